The molecule has 0 aromatic rings. The van der Waals surface area contributed by atoms with E-state index in [1.165, 1.54) is 0 Å². The van der Waals surface area contributed by atoms with Gasteiger partial charge in [-0.1, -0.05) is 28.8 Å². The Bertz CT molecular complexity index is 447. The lowest BCUT2D eigenvalue weighted by molar-refractivity contribution is 0.394. The van der Waals surface area contributed by atoms with E-state index >= 15 is 0 Å². The van der Waals surface area contributed by atoms with E-state index in [2.05, 4.69) is 15.9 Å². The second-order valence-electron chi connectivity index (χ2n) is 5.06. The van der Waals surface area contributed by atoms with Crippen molar-refractivity contribution in [3.63, 3.8) is 0 Å². The maximum Gasteiger partial charge on any atom is 0.151 e. The summed E-state index contributed by atoms with van der Waals surface area (Å²) in [6, 6.07) is 0. The summed E-state index contributed by atoms with van der Waals surface area (Å²) in [5.41, 5.74) is -0.170. The highest BCUT2D eigenvalue weighted by Crippen LogP contribution is 2.40. The maximum atomic E-state index is 11.9. The van der Waals surface area contributed by atoms with Gasteiger partial charge in [0.25, 0.3) is 0 Å². The highest BCUT2D eigenvalue weighted by Gasteiger charge is 2.37. The molecule has 1 aliphatic rings. The van der Waals surface area contributed by atoms with E-state index in [-0.39, 0.29) is 22.7 Å². The average molecular weight is 347 g/mol. The minimum Gasteiger partial charge on any atom is -0.229 e. The second-order valence-corrected chi connectivity index (χ2v) is 10.1. The van der Waals surface area contributed by atoms with E-state index in [9.17, 15) is 16.8 Å². The summed E-state index contributed by atoms with van der Waals surface area (Å²) in [4.78, 5) is 0. The van der Waals surface area contributed by atoms with Gasteiger partial charge in [-0.15, -0.1) is 0 Å². The van der Waals surface area contributed by atoms with Crippen molar-refractivity contribution < 1.29 is 16.8 Å². The highest BCUT2D eigenvalue weighted by atomic mass is 79.9. The van der Waals surface area contributed by atoms with Crippen LogP contribution in [0, 0.1) is 5.41 Å². The minimum atomic E-state index is -3.28. The molecule has 0 aliphatic heterocycles. The van der Waals surface area contributed by atoms with Crippen molar-refractivity contribution in [2.45, 2.75) is 25.7 Å². The summed E-state index contributed by atoms with van der Waals surface area (Å²) in [7, 11) is -6.49. The Labute approximate surface area is 112 Å². The molecule has 0 N–H and O–H groups in total. The summed E-state index contributed by atoms with van der Waals surface area (Å²) in [6.45, 7) is 0. The van der Waals surface area contributed by atoms with E-state index in [0.717, 1.165) is 31.9 Å². The smallest absolute Gasteiger partial charge is 0.151 e. The van der Waals surface area contributed by atoms with Crippen molar-refractivity contribution in [3.05, 3.63) is 0 Å². The zero-order chi connectivity index (χ0) is 13.2. The molecule has 7 heteroatoms. The predicted octanol–water partition coefficient (Wildman–Crippen LogP) is 1.40. The highest BCUT2D eigenvalue weighted by molar-refractivity contribution is 9.09. The average Bonchev–Trinajstić information content (AvgIpc) is 2.63. The quantitative estimate of drug-likeness (QED) is 0.681. The van der Waals surface area contributed by atoms with Gasteiger partial charge < -0.3 is 0 Å². The van der Waals surface area contributed by atoms with Gasteiger partial charge in [0.2, 0.25) is 0 Å². The molecule has 0 unspecified atom stereocenters. The summed E-state index contributed by atoms with van der Waals surface area (Å²) in [5.74, 6) is -0.408. The molecular weight excluding hydrogens is 328 g/mol. The fourth-order valence-corrected chi connectivity index (χ4v) is 6.97. The molecule has 1 saturated carbocycles. The fourth-order valence-electron chi connectivity index (χ4n) is 2.26. The van der Waals surface area contributed by atoms with Gasteiger partial charge in [-0.05, 0) is 18.3 Å². The topological polar surface area (TPSA) is 68.3 Å². The lowest BCUT2D eigenvalue weighted by atomic mass is 9.92. The van der Waals surface area contributed by atoms with Crippen molar-refractivity contribution in [2.75, 3.05) is 28.8 Å². The Balaban J connectivity index is 2.66. The Kier molecular flexibility index (Phi) is 5.06. The summed E-state index contributed by atoms with van der Waals surface area (Å²) in [5, 5.41) is 0.679. The zero-order valence-corrected chi connectivity index (χ0v) is 13.2. The standard InChI is InChI=1S/C10H19BrO4S2/c1-16(12,13)6-7-17(14,15)9-10(8-11)4-2-3-5-10/h2-9H2,1H3. The second kappa shape index (κ2) is 5.57. The molecule has 102 valence electrons. The molecule has 0 spiro atoms. The van der Waals surface area contributed by atoms with Crippen LogP contribution in [0.5, 0.6) is 0 Å². The number of rotatable bonds is 6. The van der Waals surface area contributed by atoms with Crippen molar-refractivity contribution in [1.82, 2.24) is 0 Å². The Hall–Kier alpha value is 0.380. The minimum absolute atomic E-state index is 0.112. The van der Waals surface area contributed by atoms with Gasteiger partial charge in [-0.2, -0.15) is 0 Å². The number of alkyl halides is 1. The van der Waals surface area contributed by atoms with E-state index in [1.807, 2.05) is 0 Å². The van der Waals surface area contributed by atoms with Crippen molar-refractivity contribution in [2.24, 2.45) is 5.41 Å². The first kappa shape index (κ1) is 15.4. The van der Waals surface area contributed by atoms with E-state index in [1.54, 1.807) is 0 Å². The van der Waals surface area contributed by atoms with Crippen LogP contribution in [0.2, 0.25) is 0 Å². The van der Waals surface area contributed by atoms with Gasteiger partial charge in [0, 0.05) is 11.6 Å². The normalized spacial score (nSPS) is 20.6. The van der Waals surface area contributed by atoms with Gasteiger partial charge in [-0.3, -0.25) is 0 Å². The Morgan fingerprint density at radius 1 is 1.06 bits per heavy atom. The van der Waals surface area contributed by atoms with Gasteiger partial charge in [0.05, 0.1) is 17.3 Å². The number of hydrogen-bond donors (Lipinski definition) is 0. The van der Waals surface area contributed by atoms with Crippen molar-refractivity contribution in [1.29, 1.82) is 0 Å². The first-order valence-corrected chi connectivity index (χ1v) is 10.6. The molecule has 4 nitrogen and oxygen atoms in total. The van der Waals surface area contributed by atoms with Crippen LogP contribution in [-0.4, -0.2) is 45.7 Å². The van der Waals surface area contributed by atoms with Crippen LogP contribution in [0.15, 0.2) is 0 Å². The van der Waals surface area contributed by atoms with Gasteiger partial charge >= 0.3 is 0 Å². The van der Waals surface area contributed by atoms with E-state index in [0.29, 0.717) is 5.33 Å². The lowest BCUT2D eigenvalue weighted by Crippen LogP contribution is -2.32. The van der Waals surface area contributed by atoms with Crippen LogP contribution in [0.25, 0.3) is 0 Å². The SMILES string of the molecule is CS(=O)(=O)CCS(=O)(=O)CC1(CBr)CCCC1. The molecule has 0 radical (unpaired) electrons. The molecule has 0 heterocycles. The van der Waals surface area contributed by atoms with Crippen molar-refractivity contribution >= 4 is 35.6 Å². The molecule has 0 saturated heterocycles. The molecule has 1 rings (SSSR count). The van der Waals surface area contributed by atoms with Crippen LogP contribution in [0.4, 0.5) is 0 Å². The molecular formula is C10H19BrO4S2. The van der Waals surface area contributed by atoms with E-state index in [4.69, 9.17) is 0 Å². The van der Waals surface area contributed by atoms with Gasteiger partial charge in [-0.25, -0.2) is 16.8 Å². The van der Waals surface area contributed by atoms with Gasteiger partial charge in [0.15, 0.2) is 9.84 Å². The molecule has 1 fully saturated rings. The van der Waals surface area contributed by atoms with Crippen LogP contribution in [0.1, 0.15) is 25.7 Å². The Morgan fingerprint density at radius 3 is 2.00 bits per heavy atom. The largest absolute Gasteiger partial charge is 0.229 e. The molecule has 0 aromatic carbocycles. The summed E-state index contributed by atoms with van der Waals surface area (Å²) in [6.07, 6.45) is 5.02. The van der Waals surface area contributed by atoms with Crippen LogP contribution < -0.4 is 0 Å². The lowest BCUT2D eigenvalue weighted by Gasteiger charge is -2.25. The first-order chi connectivity index (χ1) is 7.68. The Morgan fingerprint density at radius 2 is 1.59 bits per heavy atom. The predicted molar refractivity (Wildman–Crippen MR) is 73.1 cm³/mol. The first-order valence-electron chi connectivity index (χ1n) is 5.62. The summed E-state index contributed by atoms with van der Waals surface area (Å²) >= 11 is 3.39. The van der Waals surface area contributed by atoms with Crippen molar-refractivity contribution in [3.8, 4) is 0 Å². The summed E-state index contributed by atoms with van der Waals surface area (Å²) < 4.78 is 45.8. The third-order valence-corrected chi connectivity index (χ3v) is 7.51. The molecule has 0 bridgehead atoms. The molecule has 0 aromatic heterocycles. The van der Waals surface area contributed by atoms with Crippen LogP contribution in [0.3, 0.4) is 0 Å². The third-order valence-electron chi connectivity index (χ3n) is 3.24. The molecule has 0 amide bonds. The number of sulfone groups is 2. The fraction of sp³-hybridized carbons (Fsp3) is 1.00. The van der Waals surface area contributed by atoms with Crippen LogP contribution >= 0.6 is 15.9 Å². The third kappa shape index (κ3) is 5.26. The number of hydrogen-bond acceptors (Lipinski definition) is 4. The zero-order valence-electron chi connectivity index (χ0n) is 9.98. The monoisotopic (exact) mass is 346 g/mol. The van der Waals surface area contributed by atoms with Gasteiger partial charge in [0.1, 0.15) is 9.84 Å². The maximum absolute atomic E-state index is 11.9. The number of halogens is 1. The van der Waals surface area contributed by atoms with E-state index < -0.39 is 19.7 Å². The molecule has 0 atom stereocenters. The molecule has 17 heavy (non-hydrogen) atoms. The van der Waals surface area contributed by atoms with Crippen LogP contribution in [-0.2, 0) is 19.7 Å². The molecule has 1 aliphatic carbocycles.